The summed E-state index contributed by atoms with van der Waals surface area (Å²) in [6.07, 6.45) is 3.67. The third-order valence-electron chi connectivity index (χ3n) is 2.43. The van der Waals surface area contributed by atoms with Gasteiger partial charge in [0.15, 0.2) is 0 Å². The fraction of sp³-hybridized carbons (Fsp3) is 0.231. The lowest BCUT2D eigenvalue weighted by atomic mass is 10.1. The lowest BCUT2D eigenvalue weighted by molar-refractivity contribution is 1.07. The zero-order valence-electron chi connectivity index (χ0n) is 9.81. The lowest BCUT2D eigenvalue weighted by Gasteiger charge is -2.12. The van der Waals surface area contributed by atoms with Gasteiger partial charge in [0, 0.05) is 32.2 Å². The van der Waals surface area contributed by atoms with Crippen LogP contribution in [0.3, 0.4) is 0 Å². The normalized spacial score (nSPS) is 10.2. The Kier molecular flexibility index (Phi) is 2.86. The van der Waals surface area contributed by atoms with E-state index in [1.807, 2.05) is 50.4 Å². The number of anilines is 1. The predicted molar refractivity (Wildman–Crippen MR) is 66.5 cm³/mol. The third-order valence-corrected chi connectivity index (χ3v) is 2.43. The van der Waals surface area contributed by atoms with Crippen LogP contribution in [-0.2, 0) is 0 Å². The fourth-order valence-electron chi connectivity index (χ4n) is 1.57. The Morgan fingerprint density at radius 2 is 1.56 bits per heavy atom. The molecule has 2 aromatic rings. The molecule has 2 aromatic heterocycles. The second-order valence-electron chi connectivity index (χ2n) is 3.98. The maximum Gasteiger partial charge on any atom is 0.128 e. The van der Waals surface area contributed by atoms with E-state index < -0.39 is 0 Å². The first kappa shape index (κ1) is 10.6. The lowest BCUT2D eigenvalue weighted by Crippen LogP contribution is -2.10. The summed E-state index contributed by atoms with van der Waals surface area (Å²) >= 11 is 0. The molecule has 0 spiro atoms. The third kappa shape index (κ3) is 2.19. The first-order valence-corrected chi connectivity index (χ1v) is 5.23. The van der Waals surface area contributed by atoms with Crippen LogP contribution in [-0.4, -0.2) is 24.1 Å². The molecule has 0 atom stereocenters. The molecule has 0 N–H and O–H groups in total. The van der Waals surface area contributed by atoms with E-state index in [1.54, 1.807) is 0 Å². The molecule has 82 valence electrons. The summed E-state index contributed by atoms with van der Waals surface area (Å²) in [6, 6.07) is 8.19. The first-order valence-electron chi connectivity index (χ1n) is 5.23. The molecule has 0 unspecified atom stereocenters. The molecule has 0 radical (unpaired) electrons. The molecule has 0 aliphatic heterocycles. The van der Waals surface area contributed by atoms with E-state index in [-0.39, 0.29) is 0 Å². The van der Waals surface area contributed by atoms with Crippen LogP contribution in [0.25, 0.3) is 11.1 Å². The molecule has 2 heterocycles. The van der Waals surface area contributed by atoms with Crippen LogP contribution in [0.2, 0.25) is 0 Å². The average Bonchev–Trinajstić information content (AvgIpc) is 2.29. The van der Waals surface area contributed by atoms with Gasteiger partial charge in [0.1, 0.15) is 5.82 Å². The molecule has 16 heavy (non-hydrogen) atoms. The Morgan fingerprint density at radius 3 is 2.19 bits per heavy atom. The number of rotatable bonds is 2. The van der Waals surface area contributed by atoms with E-state index in [0.29, 0.717) is 0 Å². The van der Waals surface area contributed by atoms with Gasteiger partial charge in [-0.25, -0.2) is 4.98 Å². The van der Waals surface area contributed by atoms with Crippen LogP contribution < -0.4 is 4.90 Å². The molecule has 3 heteroatoms. The summed E-state index contributed by atoms with van der Waals surface area (Å²) in [5, 5.41) is 0. The average molecular weight is 213 g/mol. The highest BCUT2D eigenvalue weighted by atomic mass is 15.1. The van der Waals surface area contributed by atoms with E-state index in [9.17, 15) is 0 Å². The highest BCUT2D eigenvalue weighted by Crippen LogP contribution is 2.21. The monoisotopic (exact) mass is 213 g/mol. The molecular weight excluding hydrogens is 198 g/mol. The van der Waals surface area contributed by atoms with Gasteiger partial charge < -0.3 is 4.90 Å². The van der Waals surface area contributed by atoms with Gasteiger partial charge in [0.05, 0.1) is 0 Å². The van der Waals surface area contributed by atoms with Crippen LogP contribution in [0.1, 0.15) is 5.69 Å². The molecule has 3 nitrogen and oxygen atoms in total. The molecule has 0 bridgehead atoms. The minimum atomic E-state index is 0.965. The van der Waals surface area contributed by atoms with E-state index in [0.717, 1.165) is 11.5 Å². The number of aromatic nitrogens is 2. The minimum Gasteiger partial charge on any atom is -0.363 e. The van der Waals surface area contributed by atoms with E-state index in [1.165, 1.54) is 11.1 Å². The fourth-order valence-corrected chi connectivity index (χ4v) is 1.57. The number of hydrogen-bond donors (Lipinski definition) is 0. The Bertz CT molecular complexity index is 492. The van der Waals surface area contributed by atoms with Crippen LogP contribution in [0.5, 0.6) is 0 Å². The highest BCUT2D eigenvalue weighted by molar-refractivity contribution is 5.66. The van der Waals surface area contributed by atoms with Crippen LogP contribution >= 0.6 is 0 Å². The second kappa shape index (κ2) is 4.31. The van der Waals surface area contributed by atoms with Crippen molar-refractivity contribution in [1.82, 2.24) is 9.97 Å². The summed E-state index contributed by atoms with van der Waals surface area (Å²) < 4.78 is 0. The van der Waals surface area contributed by atoms with Crippen molar-refractivity contribution in [2.24, 2.45) is 0 Å². The summed E-state index contributed by atoms with van der Waals surface area (Å²) in [4.78, 5) is 10.5. The second-order valence-corrected chi connectivity index (χ2v) is 3.98. The predicted octanol–water partition coefficient (Wildman–Crippen LogP) is 2.52. The smallest absolute Gasteiger partial charge is 0.128 e. The standard InChI is InChI=1S/C13H15N3/c1-10-8-11(4-6-14-10)12-5-7-15-13(9-12)16(2)3/h4-9H,1-3H3. The quantitative estimate of drug-likeness (QED) is 0.767. The molecule has 0 amide bonds. The first-order chi connectivity index (χ1) is 7.66. The Hall–Kier alpha value is -1.90. The van der Waals surface area contributed by atoms with Gasteiger partial charge in [0.25, 0.3) is 0 Å². The topological polar surface area (TPSA) is 29.0 Å². The van der Waals surface area contributed by atoms with Crippen molar-refractivity contribution in [3.63, 3.8) is 0 Å². The van der Waals surface area contributed by atoms with Gasteiger partial charge in [-0.1, -0.05) is 0 Å². The van der Waals surface area contributed by atoms with Gasteiger partial charge in [-0.15, -0.1) is 0 Å². The van der Waals surface area contributed by atoms with Crippen molar-refractivity contribution in [3.8, 4) is 11.1 Å². The Morgan fingerprint density at radius 1 is 0.938 bits per heavy atom. The Labute approximate surface area is 95.8 Å². The molecule has 0 saturated heterocycles. The van der Waals surface area contributed by atoms with Crippen LogP contribution in [0.4, 0.5) is 5.82 Å². The van der Waals surface area contributed by atoms with E-state index in [4.69, 9.17) is 0 Å². The largest absolute Gasteiger partial charge is 0.363 e. The summed E-state index contributed by atoms with van der Waals surface area (Å²) in [7, 11) is 3.98. The van der Waals surface area contributed by atoms with Crippen molar-refractivity contribution in [1.29, 1.82) is 0 Å². The zero-order chi connectivity index (χ0) is 11.5. The molecule has 0 aromatic carbocycles. The van der Waals surface area contributed by atoms with Crippen molar-refractivity contribution >= 4 is 5.82 Å². The van der Waals surface area contributed by atoms with Crippen molar-refractivity contribution in [2.45, 2.75) is 6.92 Å². The summed E-state index contributed by atoms with van der Waals surface area (Å²) in [5.41, 5.74) is 3.38. The molecule has 2 rings (SSSR count). The van der Waals surface area contributed by atoms with Crippen molar-refractivity contribution < 1.29 is 0 Å². The van der Waals surface area contributed by atoms with Gasteiger partial charge in [-0.3, -0.25) is 4.98 Å². The number of pyridine rings is 2. The number of nitrogens with zero attached hydrogens (tertiary/aromatic N) is 3. The van der Waals surface area contributed by atoms with Gasteiger partial charge in [-0.2, -0.15) is 0 Å². The van der Waals surface area contributed by atoms with Crippen molar-refractivity contribution in [3.05, 3.63) is 42.4 Å². The molecule has 0 fully saturated rings. The molecule has 0 saturated carbocycles. The summed E-state index contributed by atoms with van der Waals surface area (Å²) in [5.74, 6) is 0.965. The minimum absolute atomic E-state index is 0.965. The SMILES string of the molecule is Cc1cc(-c2ccnc(N(C)C)c2)ccn1. The maximum absolute atomic E-state index is 4.30. The highest BCUT2D eigenvalue weighted by Gasteiger charge is 2.01. The number of aryl methyl sites for hydroxylation is 1. The van der Waals surface area contributed by atoms with E-state index in [2.05, 4.69) is 22.1 Å². The van der Waals surface area contributed by atoms with Crippen molar-refractivity contribution in [2.75, 3.05) is 19.0 Å². The Balaban J connectivity index is 2.44. The summed E-state index contributed by atoms with van der Waals surface area (Å²) in [6.45, 7) is 2.00. The van der Waals surface area contributed by atoms with Gasteiger partial charge in [-0.05, 0) is 42.3 Å². The van der Waals surface area contributed by atoms with Gasteiger partial charge in [0.2, 0.25) is 0 Å². The maximum atomic E-state index is 4.30. The van der Waals surface area contributed by atoms with E-state index >= 15 is 0 Å². The van der Waals surface area contributed by atoms with Gasteiger partial charge >= 0.3 is 0 Å². The molecule has 0 aliphatic carbocycles. The number of hydrogen-bond acceptors (Lipinski definition) is 3. The zero-order valence-corrected chi connectivity index (χ0v) is 9.81. The van der Waals surface area contributed by atoms with Crippen LogP contribution in [0.15, 0.2) is 36.7 Å². The molecule has 0 aliphatic rings. The molecular formula is C13H15N3. The van der Waals surface area contributed by atoms with Crippen LogP contribution in [0, 0.1) is 6.92 Å².